The van der Waals surface area contributed by atoms with Crippen molar-refractivity contribution < 1.29 is 9.47 Å². The second kappa shape index (κ2) is 9.09. The molecule has 0 spiro atoms. The highest BCUT2D eigenvalue weighted by Gasteiger charge is 2.21. The molecule has 1 aromatic carbocycles. The molecule has 2 aliphatic rings. The molecule has 1 N–H and O–H groups in total. The van der Waals surface area contributed by atoms with Crippen LogP contribution in [-0.4, -0.2) is 50.3 Å². The number of nitrogens with one attached hydrogen (secondary N) is 1. The molecule has 138 valence electrons. The van der Waals surface area contributed by atoms with Gasteiger partial charge in [0.1, 0.15) is 5.75 Å². The van der Waals surface area contributed by atoms with Crippen LogP contribution in [0.1, 0.15) is 38.2 Å². The maximum Gasteiger partial charge on any atom is 0.193 e. The van der Waals surface area contributed by atoms with Gasteiger partial charge in [0.2, 0.25) is 0 Å². The average Bonchev–Trinajstić information content (AvgIpc) is 3.08. The van der Waals surface area contributed by atoms with Crippen molar-refractivity contribution in [2.75, 3.05) is 33.4 Å². The predicted octanol–water partition coefficient (Wildman–Crippen LogP) is 3.05. The molecule has 0 bridgehead atoms. The normalized spacial score (nSPS) is 21.0. The number of aliphatic imine (C=N–C) groups is 1. The van der Waals surface area contributed by atoms with Crippen molar-refractivity contribution >= 4 is 5.96 Å². The van der Waals surface area contributed by atoms with E-state index in [0.29, 0.717) is 18.6 Å². The van der Waals surface area contributed by atoms with E-state index < -0.39 is 0 Å². The molecule has 1 saturated carbocycles. The van der Waals surface area contributed by atoms with Gasteiger partial charge in [0, 0.05) is 38.2 Å². The minimum absolute atomic E-state index is 0.392. The largest absolute Gasteiger partial charge is 0.490 e. The maximum absolute atomic E-state index is 6.12. The summed E-state index contributed by atoms with van der Waals surface area (Å²) in [6.45, 7) is 6.34. The number of hydrogen-bond acceptors (Lipinski definition) is 3. The fourth-order valence-corrected chi connectivity index (χ4v) is 3.25. The van der Waals surface area contributed by atoms with Crippen LogP contribution in [0.25, 0.3) is 0 Å². The Morgan fingerprint density at radius 3 is 2.84 bits per heavy atom. The molecular formula is C20H31N3O2. The highest BCUT2D eigenvalue weighted by Crippen LogP contribution is 2.28. The molecule has 1 aliphatic heterocycles. The van der Waals surface area contributed by atoms with Crippen LogP contribution in [0, 0.1) is 5.92 Å². The monoisotopic (exact) mass is 345 g/mol. The molecule has 0 amide bonds. The highest BCUT2D eigenvalue weighted by molar-refractivity contribution is 5.79. The molecule has 0 aromatic heterocycles. The van der Waals surface area contributed by atoms with E-state index in [1.165, 1.54) is 19.3 Å². The van der Waals surface area contributed by atoms with Crippen LogP contribution < -0.4 is 10.1 Å². The van der Waals surface area contributed by atoms with E-state index in [2.05, 4.69) is 42.4 Å². The summed E-state index contributed by atoms with van der Waals surface area (Å²) in [5, 5.41) is 3.40. The number of para-hydroxylation sites is 1. The fraction of sp³-hybridized carbons (Fsp3) is 0.650. The first-order valence-corrected chi connectivity index (χ1v) is 9.58. The van der Waals surface area contributed by atoms with Gasteiger partial charge in [-0.15, -0.1) is 0 Å². The summed E-state index contributed by atoms with van der Waals surface area (Å²) in [5.41, 5.74) is 1.16. The van der Waals surface area contributed by atoms with Crippen molar-refractivity contribution in [3.8, 4) is 5.75 Å². The lowest BCUT2D eigenvalue weighted by molar-refractivity contribution is 0.119. The molecule has 1 saturated heterocycles. The molecule has 1 unspecified atom stereocenters. The molecular weight excluding hydrogens is 314 g/mol. The lowest BCUT2D eigenvalue weighted by Crippen LogP contribution is -2.41. The van der Waals surface area contributed by atoms with Crippen LogP contribution in [0.2, 0.25) is 0 Å². The van der Waals surface area contributed by atoms with Gasteiger partial charge >= 0.3 is 0 Å². The molecule has 1 aromatic rings. The summed E-state index contributed by atoms with van der Waals surface area (Å²) in [7, 11) is 2.11. The fourth-order valence-electron chi connectivity index (χ4n) is 3.25. The van der Waals surface area contributed by atoms with Crippen molar-refractivity contribution in [1.29, 1.82) is 0 Å². The third-order valence-electron chi connectivity index (χ3n) is 4.97. The number of rotatable bonds is 7. The van der Waals surface area contributed by atoms with Crippen molar-refractivity contribution in [3.05, 3.63) is 29.8 Å². The summed E-state index contributed by atoms with van der Waals surface area (Å²) in [6, 6.07) is 8.28. The van der Waals surface area contributed by atoms with Crippen molar-refractivity contribution in [3.63, 3.8) is 0 Å². The Kier molecular flexibility index (Phi) is 6.56. The van der Waals surface area contributed by atoms with Crippen molar-refractivity contribution in [2.45, 2.75) is 45.3 Å². The minimum atomic E-state index is 0.392. The third-order valence-corrected chi connectivity index (χ3v) is 4.97. The zero-order chi connectivity index (χ0) is 17.5. The summed E-state index contributed by atoms with van der Waals surface area (Å²) >= 11 is 0. The summed E-state index contributed by atoms with van der Waals surface area (Å²) < 4.78 is 11.6. The van der Waals surface area contributed by atoms with E-state index >= 15 is 0 Å². The molecule has 5 heteroatoms. The number of ether oxygens (including phenoxy) is 2. The molecule has 0 radical (unpaired) electrons. The van der Waals surface area contributed by atoms with Crippen LogP contribution >= 0.6 is 0 Å². The lowest BCUT2D eigenvalue weighted by atomic mass is 9.96. The average molecular weight is 345 g/mol. The second-order valence-electron chi connectivity index (χ2n) is 7.06. The van der Waals surface area contributed by atoms with Gasteiger partial charge in [0.25, 0.3) is 0 Å². The molecule has 3 rings (SSSR count). The van der Waals surface area contributed by atoms with Crippen LogP contribution in [0.15, 0.2) is 29.3 Å². The number of hydrogen-bond donors (Lipinski definition) is 1. The van der Waals surface area contributed by atoms with E-state index in [9.17, 15) is 0 Å². The SMILES string of the molecule is CCNC(=NCc1ccccc1OC1CCC1)N(C)CC1CCOC1. The molecule has 25 heavy (non-hydrogen) atoms. The Labute approximate surface area is 151 Å². The molecule has 1 heterocycles. The highest BCUT2D eigenvalue weighted by atomic mass is 16.5. The first kappa shape index (κ1) is 18.1. The van der Waals surface area contributed by atoms with Crippen LogP contribution in [0.4, 0.5) is 0 Å². The maximum atomic E-state index is 6.12. The quantitative estimate of drug-likeness (QED) is 0.609. The predicted molar refractivity (Wildman–Crippen MR) is 101 cm³/mol. The summed E-state index contributed by atoms with van der Waals surface area (Å²) in [6.07, 6.45) is 5.16. The Balaban J connectivity index is 1.64. The lowest BCUT2D eigenvalue weighted by Gasteiger charge is -2.27. The van der Waals surface area contributed by atoms with Gasteiger partial charge in [-0.2, -0.15) is 0 Å². The van der Waals surface area contributed by atoms with Gasteiger partial charge in [0.05, 0.1) is 19.3 Å². The van der Waals surface area contributed by atoms with E-state index in [1.54, 1.807) is 0 Å². The van der Waals surface area contributed by atoms with Crippen molar-refractivity contribution in [1.82, 2.24) is 10.2 Å². The Hall–Kier alpha value is -1.75. The van der Waals surface area contributed by atoms with E-state index in [0.717, 1.165) is 50.0 Å². The van der Waals surface area contributed by atoms with Gasteiger partial charge in [-0.3, -0.25) is 0 Å². The Morgan fingerprint density at radius 1 is 1.32 bits per heavy atom. The van der Waals surface area contributed by atoms with E-state index in [4.69, 9.17) is 14.5 Å². The topological polar surface area (TPSA) is 46.1 Å². The van der Waals surface area contributed by atoms with Crippen LogP contribution in [0.3, 0.4) is 0 Å². The van der Waals surface area contributed by atoms with Gasteiger partial charge in [0.15, 0.2) is 5.96 Å². The third kappa shape index (κ3) is 5.11. The Bertz CT molecular complexity index is 566. The standard InChI is InChI=1S/C20H31N3O2/c1-3-21-20(23(2)14-16-11-12-24-15-16)22-13-17-7-4-5-10-19(17)25-18-8-6-9-18/h4-5,7,10,16,18H,3,6,8-9,11-15H2,1-2H3,(H,21,22). The minimum Gasteiger partial charge on any atom is -0.490 e. The van der Waals surface area contributed by atoms with Crippen molar-refractivity contribution in [2.24, 2.45) is 10.9 Å². The molecule has 1 atom stereocenters. The van der Waals surface area contributed by atoms with Gasteiger partial charge in [-0.1, -0.05) is 18.2 Å². The second-order valence-corrected chi connectivity index (χ2v) is 7.06. The van der Waals surface area contributed by atoms with E-state index in [1.807, 2.05) is 6.07 Å². The summed E-state index contributed by atoms with van der Waals surface area (Å²) in [4.78, 5) is 7.07. The van der Waals surface area contributed by atoms with E-state index in [-0.39, 0.29) is 0 Å². The zero-order valence-corrected chi connectivity index (χ0v) is 15.5. The number of nitrogens with zero attached hydrogens (tertiary/aromatic N) is 2. The van der Waals surface area contributed by atoms with Crippen LogP contribution in [-0.2, 0) is 11.3 Å². The molecule has 1 aliphatic carbocycles. The smallest absolute Gasteiger partial charge is 0.193 e. The van der Waals surface area contributed by atoms with Gasteiger partial charge in [-0.05, 0) is 38.7 Å². The molecule has 5 nitrogen and oxygen atoms in total. The summed E-state index contributed by atoms with van der Waals surface area (Å²) in [5.74, 6) is 2.54. The van der Waals surface area contributed by atoms with Gasteiger partial charge in [-0.25, -0.2) is 4.99 Å². The number of guanidine groups is 1. The molecule has 2 fully saturated rings. The van der Waals surface area contributed by atoms with Crippen LogP contribution in [0.5, 0.6) is 5.75 Å². The van der Waals surface area contributed by atoms with Gasteiger partial charge < -0.3 is 19.7 Å². The first-order valence-electron chi connectivity index (χ1n) is 9.58. The Morgan fingerprint density at radius 2 is 2.16 bits per heavy atom. The zero-order valence-electron chi connectivity index (χ0n) is 15.5. The first-order chi connectivity index (χ1) is 12.3. The number of benzene rings is 1.